The van der Waals surface area contributed by atoms with Gasteiger partial charge in [0.15, 0.2) is 5.78 Å². The zero-order valence-electron chi connectivity index (χ0n) is 18.0. The van der Waals surface area contributed by atoms with E-state index in [0.717, 1.165) is 0 Å². The van der Waals surface area contributed by atoms with Crippen LogP contribution in [0.25, 0.3) is 0 Å². The number of Topliss-reactive ketones (excluding diaryl/α,β-unsaturated/α-hetero) is 1. The van der Waals surface area contributed by atoms with Crippen molar-refractivity contribution in [1.82, 2.24) is 0 Å². The number of ether oxygens (including phenoxy) is 4. The molecule has 2 aromatic rings. The second-order valence-electron chi connectivity index (χ2n) is 6.64. The van der Waals surface area contributed by atoms with E-state index in [1.807, 2.05) is 19.9 Å². The largest absolute Gasteiger partial charge is 0.496 e. The summed E-state index contributed by atoms with van der Waals surface area (Å²) in [6, 6.07) is 12.0. The molecule has 0 amide bonds. The molecule has 8 heteroatoms. The molecule has 7 nitrogen and oxygen atoms in total. The van der Waals surface area contributed by atoms with Gasteiger partial charge in [0.05, 0.1) is 37.1 Å². The molecule has 0 bridgehead atoms. The van der Waals surface area contributed by atoms with E-state index in [9.17, 15) is 9.59 Å². The number of hydrogen-bond donors (Lipinski definition) is 0. The lowest BCUT2D eigenvalue weighted by Gasteiger charge is -2.20. The van der Waals surface area contributed by atoms with Gasteiger partial charge in [-0.25, -0.2) is 0 Å². The Labute approximate surface area is 178 Å². The molecule has 0 saturated carbocycles. The Balaban J connectivity index is 0.00000218. The molecular formula is C22H29O7P. The van der Waals surface area contributed by atoms with Crippen molar-refractivity contribution in [1.29, 1.82) is 0 Å². The number of methoxy groups -OCH3 is 3. The van der Waals surface area contributed by atoms with Crippen molar-refractivity contribution in [2.75, 3.05) is 27.9 Å². The summed E-state index contributed by atoms with van der Waals surface area (Å²) in [5.41, 5.74) is 0.710. The Morgan fingerprint density at radius 1 is 0.900 bits per heavy atom. The highest BCUT2D eigenvalue weighted by Gasteiger charge is 2.35. The van der Waals surface area contributed by atoms with E-state index in [1.54, 1.807) is 36.4 Å². The van der Waals surface area contributed by atoms with Gasteiger partial charge in [0, 0.05) is 12.1 Å². The van der Waals surface area contributed by atoms with Crippen LogP contribution in [-0.4, -0.2) is 39.7 Å². The van der Waals surface area contributed by atoms with Crippen LogP contribution in [0.15, 0.2) is 42.5 Å². The summed E-state index contributed by atoms with van der Waals surface area (Å²) < 4.78 is 29.7. The number of carbonyl (C=O) groups excluding carboxylic acids is 2. The zero-order valence-corrected chi connectivity index (χ0v) is 19.4. The molecule has 0 heterocycles. The molecule has 0 fully saturated rings. The minimum Gasteiger partial charge on any atom is -0.496 e. The van der Waals surface area contributed by atoms with Crippen LogP contribution in [0.5, 0.6) is 17.2 Å². The van der Waals surface area contributed by atoms with E-state index in [1.165, 1.54) is 21.3 Å². The van der Waals surface area contributed by atoms with Gasteiger partial charge in [-0.15, -0.1) is 0 Å². The summed E-state index contributed by atoms with van der Waals surface area (Å²) in [6.45, 7) is 4.09. The molecule has 0 radical (unpaired) electrons. The van der Waals surface area contributed by atoms with E-state index in [2.05, 4.69) is 0 Å². The minimum absolute atomic E-state index is 0.153. The van der Waals surface area contributed by atoms with Gasteiger partial charge in [0.1, 0.15) is 28.7 Å². The van der Waals surface area contributed by atoms with Crippen molar-refractivity contribution < 1.29 is 33.1 Å². The minimum atomic E-state index is -1.13. The second-order valence-corrected chi connectivity index (χ2v) is 6.64. The van der Waals surface area contributed by atoms with Gasteiger partial charge in [0.2, 0.25) is 0 Å². The fraction of sp³-hybridized carbons (Fsp3) is 0.364. The summed E-state index contributed by atoms with van der Waals surface area (Å²) in [7, 11) is 5.00. The third-order valence-corrected chi connectivity index (χ3v) is 4.15. The van der Waals surface area contributed by atoms with Crippen molar-refractivity contribution in [2.24, 2.45) is 5.92 Å². The highest BCUT2D eigenvalue weighted by molar-refractivity contribution is 7.00. The van der Waals surface area contributed by atoms with Crippen LogP contribution in [0.1, 0.15) is 35.7 Å². The van der Waals surface area contributed by atoms with E-state index < -0.39 is 17.7 Å². The molecule has 2 unspecified atom stereocenters. The summed E-state index contributed by atoms with van der Waals surface area (Å²) in [5, 5.41) is 0. The van der Waals surface area contributed by atoms with Gasteiger partial charge in [-0.1, -0.05) is 44.2 Å². The molecule has 2 aromatic carbocycles. The number of ketones is 1. The molecule has 2 rings (SSSR count). The lowest BCUT2D eigenvalue weighted by Crippen LogP contribution is -2.26. The summed E-state index contributed by atoms with van der Waals surface area (Å²) in [5.74, 6) is -1.04. The molecule has 0 aromatic heterocycles. The first-order valence-electron chi connectivity index (χ1n) is 9.27. The first-order chi connectivity index (χ1) is 14.4. The van der Waals surface area contributed by atoms with Gasteiger partial charge < -0.3 is 23.5 Å². The standard InChI is InChI=1S/C22H26O6.H3OP/c1-14(2)13-28-22(24)19(15-9-7-6-8-10-15)21(23)20-17(26-4)11-16(25-3)12-18(20)27-5;1-2/h6-12,14,19H,13H2,1-5H3;2H3. The van der Waals surface area contributed by atoms with Crippen molar-refractivity contribution in [3.63, 3.8) is 0 Å². The topological polar surface area (TPSA) is 88.1 Å². The highest BCUT2D eigenvalue weighted by Crippen LogP contribution is 2.37. The smallest absolute Gasteiger partial charge is 0.321 e. The van der Waals surface area contributed by atoms with E-state index >= 15 is 0 Å². The van der Waals surface area contributed by atoms with Crippen molar-refractivity contribution >= 4 is 20.9 Å². The van der Waals surface area contributed by atoms with Crippen LogP contribution >= 0.6 is 9.12 Å². The lowest BCUT2D eigenvalue weighted by atomic mass is 9.89. The van der Waals surface area contributed by atoms with Crippen LogP contribution in [0.4, 0.5) is 0 Å². The molecule has 0 spiro atoms. The predicted molar refractivity (Wildman–Crippen MR) is 117 cm³/mol. The molecule has 0 aliphatic rings. The first-order valence-corrected chi connectivity index (χ1v) is 9.85. The third-order valence-electron chi connectivity index (χ3n) is 4.15. The van der Waals surface area contributed by atoms with Crippen molar-refractivity contribution in [3.8, 4) is 17.2 Å². The van der Waals surface area contributed by atoms with E-state index in [-0.39, 0.29) is 29.6 Å². The number of hydrogen-bond acceptors (Lipinski definition) is 7. The maximum Gasteiger partial charge on any atom is 0.321 e. The van der Waals surface area contributed by atoms with Gasteiger partial charge in [-0.3, -0.25) is 9.59 Å². The molecule has 0 saturated heterocycles. The zero-order chi connectivity index (χ0) is 22.7. The number of esters is 1. The van der Waals surface area contributed by atoms with Gasteiger partial charge in [-0.2, -0.15) is 0 Å². The van der Waals surface area contributed by atoms with Gasteiger partial charge >= 0.3 is 5.97 Å². The average Bonchev–Trinajstić information content (AvgIpc) is 2.78. The summed E-state index contributed by atoms with van der Waals surface area (Å²) >= 11 is 0. The highest BCUT2D eigenvalue weighted by atomic mass is 31.0. The molecule has 164 valence electrons. The Morgan fingerprint density at radius 2 is 1.43 bits per heavy atom. The van der Waals surface area contributed by atoms with Crippen LogP contribution in [0.3, 0.4) is 0 Å². The molecule has 0 aliphatic carbocycles. The molecular weight excluding hydrogens is 407 g/mol. The Kier molecular flexibility index (Phi) is 10.7. The molecule has 30 heavy (non-hydrogen) atoms. The normalized spacial score (nSPS) is 11.1. The molecule has 2 atom stereocenters. The maximum absolute atomic E-state index is 13.5. The van der Waals surface area contributed by atoms with Crippen LogP contribution in [-0.2, 0) is 14.1 Å². The number of rotatable bonds is 9. The fourth-order valence-corrected chi connectivity index (χ4v) is 2.76. The van der Waals surface area contributed by atoms with E-state index in [0.29, 0.717) is 20.4 Å². The molecule has 0 aliphatic heterocycles. The Hall–Kier alpha value is -2.79. The van der Waals surface area contributed by atoms with Crippen LogP contribution in [0, 0.1) is 5.92 Å². The van der Waals surface area contributed by atoms with Crippen molar-refractivity contribution in [3.05, 3.63) is 53.6 Å². The maximum atomic E-state index is 13.5. The van der Waals surface area contributed by atoms with Gasteiger partial charge in [0.25, 0.3) is 0 Å². The quantitative estimate of drug-likeness (QED) is 0.256. The van der Waals surface area contributed by atoms with E-state index in [4.69, 9.17) is 23.5 Å². The predicted octanol–water partition coefficient (Wildman–Crippen LogP) is 3.82. The Bertz CT molecular complexity index is 812. The molecule has 0 N–H and O–H groups in total. The number of benzene rings is 2. The monoisotopic (exact) mass is 436 g/mol. The van der Waals surface area contributed by atoms with Gasteiger partial charge in [-0.05, 0) is 11.5 Å². The lowest BCUT2D eigenvalue weighted by molar-refractivity contribution is -0.145. The first kappa shape index (κ1) is 25.2. The van der Waals surface area contributed by atoms with Crippen molar-refractivity contribution in [2.45, 2.75) is 19.8 Å². The fourth-order valence-electron chi connectivity index (χ4n) is 2.76. The summed E-state index contributed by atoms with van der Waals surface area (Å²) in [4.78, 5) is 26.3. The third kappa shape index (κ3) is 6.36. The second kappa shape index (κ2) is 12.7. The average molecular weight is 436 g/mol. The Morgan fingerprint density at radius 3 is 1.87 bits per heavy atom. The van der Waals surface area contributed by atoms with Crippen LogP contribution < -0.4 is 14.2 Å². The van der Waals surface area contributed by atoms with Crippen LogP contribution in [0.2, 0.25) is 0 Å². The number of carbonyl (C=O) groups is 2. The SMILES string of the molecule is COc1cc(OC)c(C(=O)C(C(=O)OCC(C)C)c2ccccc2)c(OC)c1.O=[PH3]. The summed E-state index contributed by atoms with van der Waals surface area (Å²) in [6.07, 6.45) is 0.